The van der Waals surface area contributed by atoms with Gasteiger partial charge in [0.25, 0.3) is 5.91 Å². The molecular weight excluding hydrogens is 661 g/mol. The molecule has 9 nitrogen and oxygen atoms in total. The lowest BCUT2D eigenvalue weighted by atomic mass is 9.67. The molecule has 3 aromatic rings. The number of amides is 2. The normalized spacial score (nSPS) is 24.8. The molecule has 1 saturated heterocycles. The minimum absolute atomic E-state index is 0.0478. The molecular formula is C35H37Cl2N3O6S. The van der Waals surface area contributed by atoms with Gasteiger partial charge in [-0.15, -0.1) is 0 Å². The molecule has 1 aliphatic carbocycles. The van der Waals surface area contributed by atoms with E-state index >= 15 is 0 Å². The number of benzene rings is 3. The summed E-state index contributed by atoms with van der Waals surface area (Å²) in [5.41, 5.74) is 0.850. The first-order valence-electron chi connectivity index (χ1n) is 15.7. The molecule has 0 aromatic heterocycles. The van der Waals surface area contributed by atoms with Crippen LogP contribution in [-0.2, 0) is 19.8 Å². The Morgan fingerprint density at radius 1 is 0.957 bits per heavy atom. The van der Waals surface area contributed by atoms with Crippen molar-refractivity contribution in [2.45, 2.75) is 70.5 Å². The van der Waals surface area contributed by atoms with Gasteiger partial charge in [0.05, 0.1) is 41.7 Å². The summed E-state index contributed by atoms with van der Waals surface area (Å²) < 4.78 is 30.7. The number of anilines is 1. The lowest BCUT2D eigenvalue weighted by molar-refractivity contribution is -0.160. The standard InChI is InChI=1S/C35H37Cl2N3O6S/c1-21(2)40-33(43)27-9-4-5-10-29(27)38(47(40,45)46)20-30(22-11-12-22)39-32(23-13-15-25(36)16-14-23)28(24-7-6-8-26(37)17-24)18-35(3,34(39)44)19-31(41)42/h4-10,13-17,21-22,28,30,32H,11-12,18-20H2,1-3H3,(H,41,42)/t28-,30?,32-,35-/m1/s1. The van der Waals surface area contributed by atoms with Crippen molar-refractivity contribution in [1.29, 1.82) is 0 Å². The van der Waals surface area contributed by atoms with Crippen LogP contribution in [-0.4, -0.2) is 59.1 Å². The van der Waals surface area contributed by atoms with Crippen LogP contribution in [0.1, 0.15) is 79.9 Å². The fourth-order valence-corrected chi connectivity index (χ4v) is 9.51. The van der Waals surface area contributed by atoms with Crippen LogP contribution in [0.15, 0.2) is 72.8 Å². The molecule has 12 heteroatoms. The van der Waals surface area contributed by atoms with Crippen molar-refractivity contribution in [1.82, 2.24) is 9.21 Å². The van der Waals surface area contributed by atoms with Crippen LogP contribution >= 0.6 is 23.2 Å². The van der Waals surface area contributed by atoms with E-state index in [0.29, 0.717) is 10.0 Å². The Labute approximate surface area is 285 Å². The number of para-hydroxylation sites is 1. The van der Waals surface area contributed by atoms with Crippen molar-refractivity contribution >= 4 is 56.9 Å². The van der Waals surface area contributed by atoms with E-state index in [-0.39, 0.29) is 42.0 Å². The van der Waals surface area contributed by atoms with Gasteiger partial charge in [-0.3, -0.25) is 18.7 Å². The quantitative estimate of drug-likeness (QED) is 0.259. The third kappa shape index (κ3) is 6.11. The fraction of sp³-hybridized carbons (Fsp3) is 0.400. The van der Waals surface area contributed by atoms with Crippen molar-refractivity contribution in [3.8, 4) is 0 Å². The molecule has 1 unspecified atom stereocenters. The molecule has 2 fully saturated rings. The second kappa shape index (κ2) is 12.5. The number of nitrogens with zero attached hydrogens (tertiary/aromatic N) is 3. The third-order valence-corrected chi connectivity index (χ3v) is 12.1. The first-order chi connectivity index (χ1) is 22.2. The SMILES string of the molecule is CC(C)N1C(=O)c2ccccc2N(CC(C2CC2)N2C(=O)[C@@](C)(CC(=O)O)C[C@H](c3cccc(Cl)c3)[C@H]2c2ccc(Cl)cc2)S1(=O)=O. The van der Waals surface area contributed by atoms with Gasteiger partial charge >= 0.3 is 16.2 Å². The van der Waals surface area contributed by atoms with Crippen LogP contribution < -0.4 is 4.31 Å². The summed E-state index contributed by atoms with van der Waals surface area (Å²) in [6, 6.07) is 19.3. The van der Waals surface area contributed by atoms with Gasteiger partial charge in [0, 0.05) is 22.0 Å². The number of aliphatic carboxylic acids is 1. The van der Waals surface area contributed by atoms with E-state index < -0.39 is 52.0 Å². The fourth-order valence-electron chi connectivity index (χ4n) is 7.38. The Hall–Kier alpha value is -3.60. The van der Waals surface area contributed by atoms with Crippen LogP contribution in [0.2, 0.25) is 10.0 Å². The summed E-state index contributed by atoms with van der Waals surface area (Å²) in [5, 5.41) is 11.1. The van der Waals surface area contributed by atoms with Crippen LogP contribution in [0.3, 0.4) is 0 Å². The number of carbonyl (C=O) groups excluding carboxylic acids is 2. The van der Waals surface area contributed by atoms with Gasteiger partial charge in [0.1, 0.15) is 0 Å². The van der Waals surface area contributed by atoms with Gasteiger partial charge in [0.2, 0.25) is 5.91 Å². The number of likely N-dealkylation sites (tertiary alicyclic amines) is 1. The molecule has 3 aromatic carbocycles. The van der Waals surface area contributed by atoms with E-state index in [1.165, 1.54) is 4.31 Å². The van der Waals surface area contributed by atoms with Crippen molar-refractivity contribution in [3.05, 3.63) is 99.5 Å². The maximum absolute atomic E-state index is 14.9. The van der Waals surface area contributed by atoms with E-state index in [2.05, 4.69) is 0 Å². The molecule has 2 amide bonds. The molecule has 248 valence electrons. The first-order valence-corrected chi connectivity index (χ1v) is 17.9. The zero-order valence-electron chi connectivity index (χ0n) is 26.3. The lowest BCUT2D eigenvalue weighted by Crippen LogP contribution is -2.61. The monoisotopic (exact) mass is 697 g/mol. The third-order valence-electron chi connectivity index (χ3n) is 9.61. The topological polar surface area (TPSA) is 115 Å². The summed E-state index contributed by atoms with van der Waals surface area (Å²) >= 11 is 12.8. The maximum atomic E-state index is 14.9. The molecule has 2 aliphatic heterocycles. The number of carbonyl (C=O) groups is 3. The predicted octanol–water partition coefficient (Wildman–Crippen LogP) is 6.93. The summed E-state index contributed by atoms with van der Waals surface area (Å²) in [4.78, 5) is 42.4. The van der Waals surface area contributed by atoms with E-state index in [4.69, 9.17) is 23.2 Å². The molecule has 6 rings (SSSR count). The van der Waals surface area contributed by atoms with Crippen LogP contribution in [0, 0.1) is 11.3 Å². The smallest absolute Gasteiger partial charge is 0.329 e. The highest BCUT2D eigenvalue weighted by Gasteiger charge is 2.56. The number of hydrogen-bond donors (Lipinski definition) is 1. The van der Waals surface area contributed by atoms with E-state index in [1.54, 1.807) is 68.1 Å². The van der Waals surface area contributed by atoms with Crippen LogP contribution in [0.5, 0.6) is 0 Å². The lowest BCUT2D eigenvalue weighted by Gasteiger charge is -2.53. The van der Waals surface area contributed by atoms with Crippen molar-refractivity contribution in [2.24, 2.45) is 11.3 Å². The number of fused-ring (bicyclic) bond motifs is 1. The van der Waals surface area contributed by atoms with Gasteiger partial charge < -0.3 is 10.0 Å². The van der Waals surface area contributed by atoms with Crippen LogP contribution in [0.4, 0.5) is 5.69 Å². The second-order valence-corrected chi connectivity index (χ2v) is 16.0. The zero-order chi connectivity index (χ0) is 33.8. The Balaban J connectivity index is 1.55. The summed E-state index contributed by atoms with van der Waals surface area (Å²) in [6.07, 6.45) is 1.37. The van der Waals surface area contributed by atoms with Crippen molar-refractivity contribution in [3.63, 3.8) is 0 Å². The summed E-state index contributed by atoms with van der Waals surface area (Å²) in [7, 11) is -4.34. The largest absolute Gasteiger partial charge is 0.481 e. The Morgan fingerprint density at radius 3 is 2.26 bits per heavy atom. The van der Waals surface area contributed by atoms with Gasteiger partial charge in [-0.1, -0.05) is 66.5 Å². The van der Waals surface area contributed by atoms with E-state index in [9.17, 15) is 27.9 Å². The minimum atomic E-state index is -4.34. The van der Waals surface area contributed by atoms with Gasteiger partial charge in [0.15, 0.2) is 0 Å². The predicted molar refractivity (Wildman–Crippen MR) is 181 cm³/mol. The number of halogens is 2. The molecule has 2 heterocycles. The number of rotatable bonds is 9. The van der Waals surface area contributed by atoms with E-state index in [0.717, 1.165) is 28.3 Å². The van der Waals surface area contributed by atoms with Crippen LogP contribution in [0.25, 0.3) is 0 Å². The first kappa shape index (κ1) is 33.3. The molecule has 0 bridgehead atoms. The Morgan fingerprint density at radius 2 is 1.64 bits per heavy atom. The number of carboxylic acids is 1. The van der Waals surface area contributed by atoms with Gasteiger partial charge in [-0.2, -0.15) is 8.42 Å². The molecule has 0 radical (unpaired) electrons. The maximum Gasteiger partial charge on any atom is 0.329 e. The molecule has 0 spiro atoms. The zero-order valence-corrected chi connectivity index (χ0v) is 28.7. The van der Waals surface area contributed by atoms with E-state index in [1.807, 2.05) is 30.3 Å². The molecule has 3 aliphatic rings. The van der Waals surface area contributed by atoms with Gasteiger partial charge in [-0.25, -0.2) is 4.31 Å². The minimum Gasteiger partial charge on any atom is -0.481 e. The average molecular weight is 699 g/mol. The number of hydrogen-bond acceptors (Lipinski definition) is 5. The Bertz CT molecular complexity index is 1830. The number of carboxylic acid groups (broad SMARTS) is 1. The highest BCUT2D eigenvalue weighted by molar-refractivity contribution is 7.91. The summed E-state index contributed by atoms with van der Waals surface area (Å²) in [6.45, 7) is 4.87. The van der Waals surface area contributed by atoms with Crippen molar-refractivity contribution < 1.29 is 27.9 Å². The second-order valence-electron chi connectivity index (χ2n) is 13.4. The number of piperidine rings is 1. The molecule has 4 atom stereocenters. The highest BCUT2D eigenvalue weighted by atomic mass is 35.5. The highest BCUT2D eigenvalue weighted by Crippen LogP contribution is 2.54. The molecule has 1 N–H and O–H groups in total. The molecule has 1 saturated carbocycles. The van der Waals surface area contributed by atoms with Crippen molar-refractivity contribution in [2.75, 3.05) is 10.8 Å². The Kier molecular flexibility index (Phi) is 8.82. The van der Waals surface area contributed by atoms with Gasteiger partial charge in [-0.05, 0) is 86.6 Å². The average Bonchev–Trinajstić information content (AvgIpc) is 3.84. The summed E-state index contributed by atoms with van der Waals surface area (Å²) in [5.74, 6) is -2.48. The molecule has 47 heavy (non-hydrogen) atoms.